The van der Waals surface area contributed by atoms with Crippen molar-refractivity contribution >= 4 is 16.9 Å². The average Bonchev–Trinajstić information content (AvgIpc) is 2.78. The lowest BCUT2D eigenvalue weighted by molar-refractivity contribution is 0.0699. The number of carbonyl (C=O) groups is 1. The Morgan fingerprint density at radius 3 is 2.19 bits per heavy atom. The summed E-state index contributed by atoms with van der Waals surface area (Å²) in [5.41, 5.74) is 3.88. The Balaban J connectivity index is 1.58. The van der Waals surface area contributed by atoms with Gasteiger partial charge in [-0.2, -0.15) is 0 Å². The van der Waals surface area contributed by atoms with Crippen molar-refractivity contribution in [3.05, 3.63) is 84.2 Å². The Hall–Kier alpha value is -3.73. The van der Waals surface area contributed by atoms with Crippen LogP contribution >= 0.6 is 0 Å². The molecule has 4 rings (SSSR count). The number of aromatic nitrogens is 1. The van der Waals surface area contributed by atoms with E-state index in [1.807, 2.05) is 48.5 Å². The molecule has 0 aliphatic heterocycles. The minimum atomic E-state index is -1.11. The Bertz CT molecular complexity index is 1250. The molecule has 0 unspecified atom stereocenters. The monoisotopic (exact) mass is 429 g/mol. The number of pyridine rings is 1. The number of halogens is 1. The number of nitrogens with zero attached hydrogens (tertiary/aromatic N) is 1. The maximum absolute atomic E-state index is 13.6. The second-order valence-electron chi connectivity index (χ2n) is 8.15. The molecule has 0 fully saturated rings. The van der Waals surface area contributed by atoms with E-state index in [-0.39, 0.29) is 10.9 Å². The van der Waals surface area contributed by atoms with Gasteiger partial charge in [0, 0.05) is 10.9 Å². The number of ether oxygens (including phenoxy) is 1. The zero-order valence-corrected chi connectivity index (χ0v) is 18.0. The fourth-order valence-corrected chi connectivity index (χ4v) is 3.51. The number of rotatable bonds is 7. The summed E-state index contributed by atoms with van der Waals surface area (Å²) in [6.45, 7) is 5.05. The Labute approximate surface area is 186 Å². The minimum absolute atomic E-state index is 0.0293. The van der Waals surface area contributed by atoms with Crippen molar-refractivity contribution in [2.45, 2.75) is 20.3 Å². The van der Waals surface area contributed by atoms with Crippen molar-refractivity contribution in [2.24, 2.45) is 5.92 Å². The van der Waals surface area contributed by atoms with Crippen LogP contribution in [0.1, 0.15) is 30.6 Å². The molecule has 0 amide bonds. The molecule has 3 aromatic carbocycles. The van der Waals surface area contributed by atoms with Crippen LogP contribution < -0.4 is 4.74 Å². The number of benzene rings is 3. The van der Waals surface area contributed by atoms with Crippen molar-refractivity contribution in [2.75, 3.05) is 6.61 Å². The fourth-order valence-electron chi connectivity index (χ4n) is 3.51. The van der Waals surface area contributed by atoms with Crippen LogP contribution in [-0.2, 0) is 0 Å². The maximum Gasteiger partial charge on any atom is 0.336 e. The van der Waals surface area contributed by atoms with Crippen molar-refractivity contribution in [1.29, 1.82) is 0 Å². The van der Waals surface area contributed by atoms with Crippen LogP contribution in [0.15, 0.2) is 72.8 Å². The highest BCUT2D eigenvalue weighted by Gasteiger charge is 2.14. The van der Waals surface area contributed by atoms with E-state index in [1.54, 1.807) is 0 Å². The predicted octanol–water partition coefficient (Wildman–Crippen LogP) is 6.83. The summed E-state index contributed by atoms with van der Waals surface area (Å²) in [5.74, 6) is -0.145. The van der Waals surface area contributed by atoms with Gasteiger partial charge in [0.1, 0.15) is 11.6 Å². The first-order chi connectivity index (χ1) is 15.4. The molecule has 5 heteroatoms. The van der Waals surface area contributed by atoms with Gasteiger partial charge < -0.3 is 9.84 Å². The molecule has 162 valence electrons. The number of carboxylic acids is 1. The van der Waals surface area contributed by atoms with E-state index < -0.39 is 11.8 Å². The first kappa shape index (κ1) is 21.5. The van der Waals surface area contributed by atoms with E-state index in [1.165, 1.54) is 24.3 Å². The molecule has 1 N–H and O–H groups in total. The summed E-state index contributed by atoms with van der Waals surface area (Å²) >= 11 is 0. The third-order valence-electron chi connectivity index (χ3n) is 5.33. The first-order valence-electron chi connectivity index (χ1n) is 10.6. The quantitative estimate of drug-likeness (QED) is 0.350. The van der Waals surface area contributed by atoms with E-state index in [2.05, 4.69) is 18.8 Å². The normalized spacial score (nSPS) is 11.1. The smallest absolute Gasteiger partial charge is 0.336 e. The number of carboxylic acid groups (broad SMARTS) is 1. The van der Waals surface area contributed by atoms with Gasteiger partial charge in [-0.1, -0.05) is 50.2 Å². The summed E-state index contributed by atoms with van der Waals surface area (Å²) in [6.07, 6.45) is 1.02. The minimum Gasteiger partial charge on any atom is -0.494 e. The molecule has 1 aromatic heterocycles. The van der Waals surface area contributed by atoms with Gasteiger partial charge in [-0.25, -0.2) is 14.2 Å². The second-order valence-corrected chi connectivity index (χ2v) is 8.15. The van der Waals surface area contributed by atoms with E-state index in [9.17, 15) is 14.3 Å². The van der Waals surface area contributed by atoms with Crippen molar-refractivity contribution < 1.29 is 19.0 Å². The highest BCUT2D eigenvalue weighted by molar-refractivity contribution is 6.03. The molecular weight excluding hydrogens is 405 g/mol. The maximum atomic E-state index is 13.6. The summed E-state index contributed by atoms with van der Waals surface area (Å²) in [5, 5.41) is 9.87. The Morgan fingerprint density at radius 1 is 0.938 bits per heavy atom. The summed E-state index contributed by atoms with van der Waals surface area (Å²) in [7, 11) is 0. The van der Waals surface area contributed by atoms with Gasteiger partial charge in [0.05, 0.1) is 23.4 Å². The number of hydrogen-bond donors (Lipinski definition) is 1. The molecule has 4 aromatic rings. The van der Waals surface area contributed by atoms with Crippen LogP contribution in [-0.4, -0.2) is 22.7 Å². The van der Waals surface area contributed by atoms with E-state index >= 15 is 0 Å². The van der Waals surface area contributed by atoms with Gasteiger partial charge in [0.25, 0.3) is 0 Å². The van der Waals surface area contributed by atoms with Gasteiger partial charge in [-0.15, -0.1) is 0 Å². The van der Waals surface area contributed by atoms with E-state index in [0.29, 0.717) is 23.7 Å². The van der Waals surface area contributed by atoms with Crippen LogP contribution in [0, 0.1) is 11.7 Å². The van der Waals surface area contributed by atoms with Crippen LogP contribution in [0.25, 0.3) is 33.3 Å². The third-order valence-corrected chi connectivity index (χ3v) is 5.33. The lowest BCUT2D eigenvalue weighted by Gasteiger charge is -2.10. The molecule has 0 saturated carbocycles. The molecule has 0 saturated heterocycles. The lowest BCUT2D eigenvalue weighted by Crippen LogP contribution is -2.01. The van der Waals surface area contributed by atoms with Gasteiger partial charge in [0.15, 0.2) is 0 Å². The van der Waals surface area contributed by atoms with Crippen LogP contribution in [0.2, 0.25) is 0 Å². The third kappa shape index (κ3) is 4.78. The molecule has 0 aliphatic rings. The zero-order chi connectivity index (χ0) is 22.7. The second kappa shape index (κ2) is 9.18. The zero-order valence-electron chi connectivity index (χ0n) is 18.0. The van der Waals surface area contributed by atoms with Crippen molar-refractivity contribution in [1.82, 2.24) is 4.98 Å². The van der Waals surface area contributed by atoms with Crippen LogP contribution in [0.5, 0.6) is 5.75 Å². The highest BCUT2D eigenvalue weighted by Crippen LogP contribution is 2.29. The molecule has 32 heavy (non-hydrogen) atoms. The molecular formula is C27H24FNO3. The lowest BCUT2D eigenvalue weighted by atomic mass is 10.0. The molecule has 0 atom stereocenters. The standard InChI is InChI=1S/C27H24FNO3/c1-17(2)13-14-32-22-10-7-19(8-11-22)18-3-5-20(6-4-18)26-16-24(27(30)31)23-15-21(28)9-12-25(23)29-26/h3-12,15-17H,13-14H2,1-2H3,(H,30,31). The highest BCUT2D eigenvalue weighted by atomic mass is 19.1. The Morgan fingerprint density at radius 2 is 1.56 bits per heavy atom. The fraction of sp³-hybridized carbons (Fsp3) is 0.185. The molecule has 1 heterocycles. The molecule has 0 bridgehead atoms. The van der Waals surface area contributed by atoms with E-state index in [0.717, 1.165) is 28.9 Å². The molecule has 0 spiro atoms. The van der Waals surface area contributed by atoms with Crippen LogP contribution in [0.3, 0.4) is 0 Å². The van der Waals surface area contributed by atoms with Gasteiger partial charge in [-0.3, -0.25) is 0 Å². The van der Waals surface area contributed by atoms with Crippen molar-refractivity contribution in [3.8, 4) is 28.1 Å². The van der Waals surface area contributed by atoms with Crippen LogP contribution in [0.4, 0.5) is 4.39 Å². The van der Waals surface area contributed by atoms with Gasteiger partial charge in [0.2, 0.25) is 0 Å². The first-order valence-corrected chi connectivity index (χ1v) is 10.6. The summed E-state index contributed by atoms with van der Waals surface area (Å²) in [6, 6.07) is 21.2. The van der Waals surface area contributed by atoms with Crippen molar-refractivity contribution in [3.63, 3.8) is 0 Å². The topological polar surface area (TPSA) is 59.4 Å². The number of fused-ring (bicyclic) bond motifs is 1. The Kier molecular flexibility index (Phi) is 6.17. The summed E-state index contributed by atoms with van der Waals surface area (Å²) in [4.78, 5) is 16.3. The molecule has 0 radical (unpaired) electrons. The van der Waals surface area contributed by atoms with Gasteiger partial charge >= 0.3 is 5.97 Å². The molecule has 4 nitrogen and oxygen atoms in total. The summed E-state index contributed by atoms with van der Waals surface area (Å²) < 4.78 is 19.4. The number of aromatic carboxylic acids is 1. The average molecular weight is 429 g/mol. The largest absolute Gasteiger partial charge is 0.494 e. The predicted molar refractivity (Wildman–Crippen MR) is 124 cm³/mol. The molecule has 0 aliphatic carbocycles. The SMILES string of the molecule is CC(C)CCOc1ccc(-c2ccc(-c3cc(C(=O)O)c4cc(F)ccc4n3)cc2)cc1. The van der Waals surface area contributed by atoms with Gasteiger partial charge in [-0.05, 0) is 59.9 Å². The van der Waals surface area contributed by atoms with E-state index in [4.69, 9.17) is 4.74 Å². The number of hydrogen-bond acceptors (Lipinski definition) is 3.